The van der Waals surface area contributed by atoms with Gasteiger partial charge in [0, 0.05) is 37.3 Å². The van der Waals surface area contributed by atoms with Gasteiger partial charge in [-0.2, -0.15) is 18.3 Å². The second kappa shape index (κ2) is 7.12. The number of hydrogen-bond acceptors (Lipinski definition) is 6. The van der Waals surface area contributed by atoms with Gasteiger partial charge in [0.15, 0.2) is 5.69 Å². The highest BCUT2D eigenvalue weighted by atomic mass is 19.4. The number of aromatic nitrogens is 4. The fraction of sp³-hybridized carbons (Fsp3) is 0.278. The molecule has 3 aromatic rings. The van der Waals surface area contributed by atoms with Gasteiger partial charge < -0.3 is 15.2 Å². The average Bonchev–Trinajstić information content (AvgIpc) is 2.96. The van der Waals surface area contributed by atoms with Crippen molar-refractivity contribution >= 4 is 11.5 Å². The number of ether oxygens (including phenoxy) is 1. The summed E-state index contributed by atoms with van der Waals surface area (Å²) in [5, 5.41) is 16.5. The molecule has 28 heavy (non-hydrogen) atoms. The van der Waals surface area contributed by atoms with Crippen molar-refractivity contribution in [1.82, 2.24) is 19.7 Å². The molecule has 0 fully saturated rings. The van der Waals surface area contributed by atoms with E-state index in [1.165, 1.54) is 25.4 Å². The molecule has 2 N–H and O–H groups in total. The predicted octanol–water partition coefficient (Wildman–Crippen LogP) is 3.99. The van der Waals surface area contributed by atoms with Gasteiger partial charge in [-0.05, 0) is 32.0 Å². The van der Waals surface area contributed by atoms with Crippen LogP contribution in [0.3, 0.4) is 0 Å². The van der Waals surface area contributed by atoms with Crippen LogP contribution in [0.25, 0.3) is 0 Å². The summed E-state index contributed by atoms with van der Waals surface area (Å²) in [5.74, 6) is 0.632. The fourth-order valence-electron chi connectivity index (χ4n) is 2.34. The molecule has 3 heterocycles. The highest BCUT2D eigenvalue weighted by Crippen LogP contribution is 2.32. The first-order valence-corrected chi connectivity index (χ1v) is 8.23. The molecule has 0 saturated heterocycles. The number of aryl methyl sites for hydroxylation is 1. The smallest absolute Gasteiger partial charge is 0.435 e. The molecule has 0 atom stereocenters. The van der Waals surface area contributed by atoms with E-state index in [2.05, 4.69) is 20.4 Å². The first-order chi connectivity index (χ1) is 13.0. The van der Waals surface area contributed by atoms with Crippen molar-refractivity contribution in [3.05, 3.63) is 54.1 Å². The monoisotopic (exact) mass is 393 g/mol. The number of pyridine rings is 2. The zero-order valence-electron chi connectivity index (χ0n) is 15.3. The van der Waals surface area contributed by atoms with E-state index >= 15 is 0 Å². The van der Waals surface area contributed by atoms with E-state index in [1.807, 2.05) is 0 Å². The second-order valence-corrected chi connectivity index (χ2v) is 6.58. The Morgan fingerprint density at radius 3 is 2.39 bits per heavy atom. The minimum atomic E-state index is -4.55. The first kappa shape index (κ1) is 19.6. The van der Waals surface area contributed by atoms with Gasteiger partial charge in [-0.15, -0.1) is 0 Å². The molecule has 3 aromatic heterocycles. The minimum absolute atomic E-state index is 0.0577. The summed E-state index contributed by atoms with van der Waals surface area (Å²) in [7, 11) is 1.36. The summed E-state index contributed by atoms with van der Waals surface area (Å²) in [4.78, 5) is 8.28. The zero-order valence-corrected chi connectivity index (χ0v) is 15.3. The molecule has 0 radical (unpaired) electrons. The van der Waals surface area contributed by atoms with E-state index in [1.54, 1.807) is 32.2 Å². The Hall–Kier alpha value is -3.14. The SMILES string of the molecule is Cn1nc(C(F)(F)F)cc1Oc1ccnc(Nc2ccnc(C(C)(C)O)c2)c1. The summed E-state index contributed by atoms with van der Waals surface area (Å²) in [6, 6.07) is 7.24. The average molecular weight is 393 g/mol. The van der Waals surface area contributed by atoms with Gasteiger partial charge in [-0.3, -0.25) is 4.98 Å². The van der Waals surface area contributed by atoms with E-state index in [4.69, 9.17) is 4.74 Å². The number of rotatable bonds is 5. The number of nitrogens with one attached hydrogen (secondary N) is 1. The second-order valence-electron chi connectivity index (χ2n) is 6.58. The number of nitrogens with zero attached hydrogens (tertiary/aromatic N) is 4. The Morgan fingerprint density at radius 1 is 1.04 bits per heavy atom. The van der Waals surface area contributed by atoms with Crippen LogP contribution in [0.4, 0.5) is 24.7 Å². The molecule has 10 heteroatoms. The van der Waals surface area contributed by atoms with Crippen molar-refractivity contribution in [1.29, 1.82) is 0 Å². The van der Waals surface area contributed by atoms with Crippen LogP contribution in [0.2, 0.25) is 0 Å². The van der Waals surface area contributed by atoms with Gasteiger partial charge in [0.1, 0.15) is 17.2 Å². The zero-order chi connectivity index (χ0) is 20.5. The van der Waals surface area contributed by atoms with Gasteiger partial charge in [-0.1, -0.05) is 0 Å². The van der Waals surface area contributed by atoms with Gasteiger partial charge in [-0.25, -0.2) is 9.67 Å². The van der Waals surface area contributed by atoms with Crippen molar-refractivity contribution < 1.29 is 23.0 Å². The summed E-state index contributed by atoms with van der Waals surface area (Å²) >= 11 is 0. The molecular weight excluding hydrogens is 375 g/mol. The van der Waals surface area contributed by atoms with Crippen LogP contribution in [-0.4, -0.2) is 24.9 Å². The molecule has 0 aliphatic rings. The topological polar surface area (TPSA) is 85.1 Å². The molecule has 0 bridgehead atoms. The normalized spacial score (nSPS) is 12.1. The molecule has 0 unspecified atom stereocenters. The lowest BCUT2D eigenvalue weighted by atomic mass is 10.0. The Morgan fingerprint density at radius 2 is 1.75 bits per heavy atom. The van der Waals surface area contributed by atoms with Crippen LogP contribution < -0.4 is 10.1 Å². The van der Waals surface area contributed by atoms with Crippen molar-refractivity contribution in [2.45, 2.75) is 25.6 Å². The number of hydrogen-bond donors (Lipinski definition) is 2. The van der Waals surface area contributed by atoms with Crippen molar-refractivity contribution in [2.75, 3.05) is 5.32 Å². The van der Waals surface area contributed by atoms with Crippen molar-refractivity contribution in [3.8, 4) is 11.6 Å². The summed E-state index contributed by atoms with van der Waals surface area (Å²) in [6.45, 7) is 3.24. The highest BCUT2D eigenvalue weighted by Gasteiger charge is 2.35. The number of alkyl halides is 3. The minimum Gasteiger partial charge on any atom is -0.439 e. The first-order valence-electron chi connectivity index (χ1n) is 8.23. The summed E-state index contributed by atoms with van der Waals surface area (Å²) in [6.07, 6.45) is -1.55. The summed E-state index contributed by atoms with van der Waals surface area (Å²) < 4.78 is 44.8. The van der Waals surface area contributed by atoms with Crippen LogP contribution in [0, 0.1) is 0 Å². The van der Waals surface area contributed by atoms with Gasteiger partial charge in [0.25, 0.3) is 0 Å². The Balaban J connectivity index is 1.79. The quantitative estimate of drug-likeness (QED) is 0.682. The summed E-state index contributed by atoms with van der Waals surface area (Å²) in [5.41, 5.74) is -1.03. The van der Waals surface area contributed by atoms with Crippen LogP contribution in [0.15, 0.2) is 42.7 Å². The molecule has 0 saturated carbocycles. The predicted molar refractivity (Wildman–Crippen MR) is 95.3 cm³/mol. The molecule has 0 spiro atoms. The Bertz CT molecular complexity index is 980. The van der Waals surface area contributed by atoms with Crippen LogP contribution >= 0.6 is 0 Å². The molecule has 0 aliphatic heterocycles. The molecule has 0 aromatic carbocycles. The van der Waals surface area contributed by atoms with Gasteiger partial charge in [0.05, 0.1) is 5.69 Å². The highest BCUT2D eigenvalue weighted by molar-refractivity contribution is 5.57. The molecule has 0 amide bonds. The number of aliphatic hydroxyl groups is 1. The van der Waals surface area contributed by atoms with E-state index in [0.717, 1.165) is 10.7 Å². The lowest BCUT2D eigenvalue weighted by Crippen LogP contribution is -2.17. The van der Waals surface area contributed by atoms with Gasteiger partial charge in [0.2, 0.25) is 5.88 Å². The van der Waals surface area contributed by atoms with Crippen LogP contribution in [0.5, 0.6) is 11.6 Å². The van der Waals surface area contributed by atoms with Gasteiger partial charge >= 0.3 is 6.18 Å². The standard InChI is InChI=1S/C18H18F3N5O2/c1-17(2,27)13-8-11(4-6-22-13)24-15-9-12(5-7-23-15)28-16-10-14(18(19,20)21)25-26(16)3/h4-10,27H,1-3H3,(H,22,23,24). The van der Waals surface area contributed by atoms with E-state index in [9.17, 15) is 18.3 Å². The maximum Gasteiger partial charge on any atom is 0.435 e. The third-order valence-corrected chi connectivity index (χ3v) is 3.74. The largest absolute Gasteiger partial charge is 0.439 e. The third kappa shape index (κ3) is 4.58. The lowest BCUT2D eigenvalue weighted by molar-refractivity contribution is -0.141. The van der Waals surface area contributed by atoms with Crippen LogP contribution in [0.1, 0.15) is 25.2 Å². The lowest BCUT2D eigenvalue weighted by Gasteiger charge is -2.17. The maximum atomic E-state index is 12.8. The van der Waals surface area contributed by atoms with E-state index < -0.39 is 17.5 Å². The van der Waals surface area contributed by atoms with Crippen molar-refractivity contribution in [2.24, 2.45) is 7.05 Å². The third-order valence-electron chi connectivity index (χ3n) is 3.74. The van der Waals surface area contributed by atoms with E-state index in [0.29, 0.717) is 17.2 Å². The number of anilines is 2. The fourth-order valence-corrected chi connectivity index (χ4v) is 2.34. The number of halogens is 3. The Kier molecular flexibility index (Phi) is 4.99. The molecule has 3 rings (SSSR count). The Labute approximate surface area is 158 Å². The van der Waals surface area contributed by atoms with Crippen LogP contribution in [-0.2, 0) is 18.8 Å². The van der Waals surface area contributed by atoms with Crippen molar-refractivity contribution in [3.63, 3.8) is 0 Å². The molecule has 148 valence electrons. The molecule has 7 nitrogen and oxygen atoms in total. The maximum absolute atomic E-state index is 12.8. The van der Waals surface area contributed by atoms with E-state index in [-0.39, 0.29) is 11.6 Å². The molecular formula is C18H18F3N5O2. The molecule has 0 aliphatic carbocycles.